The summed E-state index contributed by atoms with van der Waals surface area (Å²) in [5, 5.41) is 3.21. The molecule has 0 aromatic carbocycles. The lowest BCUT2D eigenvalue weighted by Gasteiger charge is -2.03. The van der Waals surface area contributed by atoms with E-state index in [0.29, 0.717) is 11.7 Å². The summed E-state index contributed by atoms with van der Waals surface area (Å²) in [6.45, 7) is 4.68. The number of hydrogen-bond acceptors (Lipinski definition) is 5. The molecule has 0 spiro atoms. The van der Waals surface area contributed by atoms with Gasteiger partial charge in [-0.15, -0.1) is 22.7 Å². The molecule has 0 aliphatic carbocycles. The Morgan fingerprint density at radius 2 is 2.16 bits per heavy atom. The summed E-state index contributed by atoms with van der Waals surface area (Å²) < 4.78 is 3.76. The van der Waals surface area contributed by atoms with Gasteiger partial charge in [0.05, 0.1) is 11.1 Å². The van der Waals surface area contributed by atoms with E-state index in [1.807, 2.05) is 35.9 Å². The van der Waals surface area contributed by atoms with Crippen LogP contribution in [0.3, 0.4) is 0 Å². The summed E-state index contributed by atoms with van der Waals surface area (Å²) in [5.74, 6) is 0.750. The number of aryl methyl sites for hydroxylation is 2. The Bertz CT molecular complexity index is 1260. The molecular formula is C17H13ClN4OS2. The fourth-order valence-electron chi connectivity index (χ4n) is 3.33. The van der Waals surface area contributed by atoms with Gasteiger partial charge in [-0.3, -0.25) is 13.8 Å². The molecule has 4 aromatic rings. The molecule has 126 valence electrons. The molecule has 0 atom stereocenters. The Balaban J connectivity index is 1.76. The van der Waals surface area contributed by atoms with Crippen LogP contribution in [-0.4, -0.2) is 18.9 Å². The number of imidazole rings is 1. The van der Waals surface area contributed by atoms with E-state index < -0.39 is 0 Å². The summed E-state index contributed by atoms with van der Waals surface area (Å²) in [6.07, 6.45) is 4.74. The number of halogens is 1. The zero-order chi connectivity index (χ0) is 17.3. The van der Waals surface area contributed by atoms with Gasteiger partial charge in [0, 0.05) is 23.0 Å². The number of fused-ring (bicyclic) bond motifs is 3. The van der Waals surface area contributed by atoms with Gasteiger partial charge in [-0.25, -0.2) is 9.97 Å². The molecule has 4 aromatic heterocycles. The van der Waals surface area contributed by atoms with Crippen molar-refractivity contribution in [3.63, 3.8) is 0 Å². The molecule has 0 bridgehead atoms. The first kappa shape index (κ1) is 15.3. The molecule has 0 saturated heterocycles. The fraction of sp³-hybridized carbons (Fsp3) is 0.235. The smallest absolute Gasteiger partial charge is 0.262 e. The minimum Gasteiger partial charge on any atom is -0.292 e. The van der Waals surface area contributed by atoms with Gasteiger partial charge in [0.2, 0.25) is 0 Å². The Kier molecular flexibility index (Phi) is 3.22. The van der Waals surface area contributed by atoms with Crippen LogP contribution in [0.1, 0.15) is 28.4 Å². The second kappa shape index (κ2) is 5.27. The Hall–Kier alpha value is -1.96. The van der Waals surface area contributed by atoms with Crippen LogP contribution in [0, 0.1) is 13.8 Å². The summed E-state index contributed by atoms with van der Waals surface area (Å²) >= 11 is 9.43. The molecule has 1 aliphatic heterocycles. The van der Waals surface area contributed by atoms with Crippen LogP contribution in [0.4, 0.5) is 0 Å². The highest BCUT2D eigenvalue weighted by Gasteiger charge is 2.24. The van der Waals surface area contributed by atoms with E-state index in [-0.39, 0.29) is 5.56 Å². The third-order valence-corrected chi connectivity index (χ3v) is 6.88. The van der Waals surface area contributed by atoms with E-state index in [4.69, 9.17) is 16.6 Å². The van der Waals surface area contributed by atoms with E-state index in [1.165, 1.54) is 0 Å². The average molecular weight is 389 g/mol. The van der Waals surface area contributed by atoms with E-state index in [1.54, 1.807) is 27.2 Å². The summed E-state index contributed by atoms with van der Waals surface area (Å²) in [5.41, 5.74) is 2.97. The molecule has 0 fully saturated rings. The largest absolute Gasteiger partial charge is 0.292 e. The maximum Gasteiger partial charge on any atom is 0.262 e. The molecule has 5 rings (SSSR count). The molecule has 0 radical (unpaired) electrons. The Morgan fingerprint density at radius 1 is 1.32 bits per heavy atom. The van der Waals surface area contributed by atoms with Gasteiger partial charge in [0.25, 0.3) is 5.56 Å². The van der Waals surface area contributed by atoms with Crippen molar-refractivity contribution in [3.05, 3.63) is 49.0 Å². The molecule has 0 unspecified atom stereocenters. The minimum atomic E-state index is 0.0605. The Labute approximate surface area is 155 Å². The molecule has 5 nitrogen and oxygen atoms in total. The number of thiophene rings is 1. The van der Waals surface area contributed by atoms with Crippen molar-refractivity contribution in [2.24, 2.45) is 0 Å². The van der Waals surface area contributed by atoms with E-state index in [0.717, 1.165) is 49.1 Å². The first-order chi connectivity index (χ1) is 12.0. The quantitative estimate of drug-likeness (QED) is 0.486. The number of aromatic nitrogens is 4. The standard InChI is InChI=1S/C17H13ClN4OS2/c1-8-9(2)25-15-12(8)16(23)22-4-3-10(14(22)20-15)7-11-13(18)19-17-21(11)5-6-24-17/h5-7H,3-4H2,1-2H3/b10-7-. The van der Waals surface area contributed by atoms with Crippen molar-refractivity contribution in [1.29, 1.82) is 0 Å². The fourth-order valence-corrected chi connectivity index (χ4v) is 5.35. The molecule has 1 aliphatic rings. The van der Waals surface area contributed by atoms with E-state index in [9.17, 15) is 4.79 Å². The van der Waals surface area contributed by atoms with Crippen molar-refractivity contribution in [1.82, 2.24) is 18.9 Å². The van der Waals surface area contributed by atoms with Crippen LogP contribution in [0.25, 0.3) is 26.8 Å². The van der Waals surface area contributed by atoms with Gasteiger partial charge in [-0.1, -0.05) is 11.6 Å². The maximum absolute atomic E-state index is 12.9. The highest BCUT2D eigenvalue weighted by molar-refractivity contribution is 7.18. The van der Waals surface area contributed by atoms with Crippen LogP contribution >= 0.6 is 34.3 Å². The minimum absolute atomic E-state index is 0.0605. The van der Waals surface area contributed by atoms with Crippen LogP contribution in [0.15, 0.2) is 16.4 Å². The molecule has 5 heterocycles. The predicted octanol–water partition coefficient (Wildman–Crippen LogP) is 4.38. The van der Waals surface area contributed by atoms with E-state index >= 15 is 0 Å². The van der Waals surface area contributed by atoms with Gasteiger partial charge in [0.15, 0.2) is 10.1 Å². The lowest BCUT2D eigenvalue weighted by atomic mass is 10.2. The van der Waals surface area contributed by atoms with Crippen LogP contribution in [0.2, 0.25) is 5.15 Å². The molecule has 0 saturated carbocycles. The van der Waals surface area contributed by atoms with Gasteiger partial charge in [0.1, 0.15) is 10.7 Å². The normalized spacial score (nSPS) is 15.7. The van der Waals surface area contributed by atoms with Gasteiger partial charge >= 0.3 is 0 Å². The Morgan fingerprint density at radius 3 is 3.00 bits per heavy atom. The lowest BCUT2D eigenvalue weighted by Crippen LogP contribution is -2.20. The molecule has 0 amide bonds. The van der Waals surface area contributed by atoms with Crippen LogP contribution < -0.4 is 5.56 Å². The number of nitrogens with zero attached hydrogens (tertiary/aromatic N) is 4. The molecule has 25 heavy (non-hydrogen) atoms. The summed E-state index contributed by atoms with van der Waals surface area (Å²) in [6, 6.07) is 0. The average Bonchev–Trinajstić information content (AvgIpc) is 3.29. The lowest BCUT2D eigenvalue weighted by molar-refractivity contribution is 0.726. The second-order valence-electron chi connectivity index (χ2n) is 6.12. The zero-order valence-corrected chi connectivity index (χ0v) is 15.9. The predicted molar refractivity (Wildman–Crippen MR) is 104 cm³/mol. The number of thiazole rings is 1. The number of rotatable bonds is 1. The summed E-state index contributed by atoms with van der Waals surface area (Å²) in [7, 11) is 0. The SMILES string of the molecule is Cc1sc2nc3n(c(=O)c2c1C)CC/C3=C/c1c(Cl)nc2sccn12. The van der Waals surface area contributed by atoms with Crippen molar-refractivity contribution >= 4 is 61.1 Å². The van der Waals surface area contributed by atoms with Gasteiger partial charge < -0.3 is 0 Å². The van der Waals surface area contributed by atoms with Crippen LogP contribution in [-0.2, 0) is 6.54 Å². The molecular weight excluding hydrogens is 376 g/mol. The molecule has 0 N–H and O–H groups in total. The first-order valence-electron chi connectivity index (χ1n) is 7.87. The molecule has 8 heteroatoms. The highest BCUT2D eigenvalue weighted by Crippen LogP contribution is 2.33. The van der Waals surface area contributed by atoms with Crippen LogP contribution in [0.5, 0.6) is 0 Å². The topological polar surface area (TPSA) is 52.2 Å². The first-order valence-corrected chi connectivity index (χ1v) is 9.94. The third-order valence-electron chi connectivity index (χ3n) is 4.75. The van der Waals surface area contributed by atoms with Crippen molar-refractivity contribution in [2.75, 3.05) is 0 Å². The van der Waals surface area contributed by atoms with Crippen molar-refractivity contribution < 1.29 is 0 Å². The van der Waals surface area contributed by atoms with Gasteiger partial charge in [-0.05, 0) is 37.5 Å². The number of allylic oxidation sites excluding steroid dienone is 1. The summed E-state index contributed by atoms with van der Waals surface area (Å²) in [4.78, 5) is 24.9. The zero-order valence-electron chi connectivity index (χ0n) is 13.5. The number of hydrogen-bond donors (Lipinski definition) is 0. The van der Waals surface area contributed by atoms with Gasteiger partial charge in [-0.2, -0.15) is 0 Å². The maximum atomic E-state index is 12.9. The van der Waals surface area contributed by atoms with E-state index in [2.05, 4.69) is 4.98 Å². The highest BCUT2D eigenvalue weighted by atomic mass is 35.5. The van der Waals surface area contributed by atoms with Crippen molar-refractivity contribution in [3.8, 4) is 0 Å². The second-order valence-corrected chi connectivity index (χ2v) is 8.55. The monoisotopic (exact) mass is 388 g/mol. The third kappa shape index (κ3) is 2.09. The van der Waals surface area contributed by atoms with Crippen molar-refractivity contribution in [2.45, 2.75) is 26.8 Å².